The van der Waals surface area contributed by atoms with E-state index in [0.717, 1.165) is 5.56 Å². The molecular formula is C20H19FN2O4. The molecule has 1 aliphatic heterocycles. The highest BCUT2D eigenvalue weighted by molar-refractivity contribution is 6.01. The summed E-state index contributed by atoms with van der Waals surface area (Å²) in [6.45, 7) is 0. The number of nitrogens with one attached hydrogen (secondary N) is 2. The van der Waals surface area contributed by atoms with E-state index < -0.39 is 29.7 Å². The van der Waals surface area contributed by atoms with Crippen LogP contribution in [-0.2, 0) is 14.4 Å². The van der Waals surface area contributed by atoms with Crippen molar-refractivity contribution < 1.29 is 23.9 Å². The highest BCUT2D eigenvalue weighted by Crippen LogP contribution is 2.33. The van der Waals surface area contributed by atoms with Crippen molar-refractivity contribution in [1.82, 2.24) is 5.32 Å². The lowest BCUT2D eigenvalue weighted by Gasteiger charge is -2.27. The summed E-state index contributed by atoms with van der Waals surface area (Å²) in [6.07, 6.45) is 0.0674. The van der Waals surface area contributed by atoms with Gasteiger partial charge in [-0.1, -0.05) is 36.4 Å². The third-order valence-electron chi connectivity index (χ3n) is 4.54. The summed E-state index contributed by atoms with van der Waals surface area (Å²) in [5.41, 5.74) is 1.61. The number of carboxylic acid groups (broad SMARTS) is 1. The Kier molecular flexibility index (Phi) is 5.49. The third-order valence-corrected chi connectivity index (χ3v) is 4.54. The molecular weight excluding hydrogens is 351 g/mol. The molecule has 0 saturated carbocycles. The van der Waals surface area contributed by atoms with Crippen molar-refractivity contribution in [2.75, 3.05) is 5.32 Å². The van der Waals surface area contributed by atoms with Gasteiger partial charge in [-0.05, 0) is 29.7 Å². The minimum absolute atomic E-state index is 0.0507. The van der Waals surface area contributed by atoms with Gasteiger partial charge in [-0.25, -0.2) is 4.39 Å². The molecule has 1 aliphatic rings. The first-order valence-electron chi connectivity index (χ1n) is 8.60. The second-order valence-electron chi connectivity index (χ2n) is 6.44. The largest absolute Gasteiger partial charge is 0.481 e. The van der Waals surface area contributed by atoms with Crippen molar-refractivity contribution in [1.29, 1.82) is 0 Å². The van der Waals surface area contributed by atoms with E-state index in [1.54, 1.807) is 12.1 Å². The molecule has 0 radical (unpaired) electrons. The molecule has 0 spiro atoms. The van der Waals surface area contributed by atoms with Crippen LogP contribution in [0.4, 0.5) is 10.1 Å². The second-order valence-corrected chi connectivity index (χ2v) is 6.44. The molecule has 2 atom stereocenters. The number of benzene rings is 2. The van der Waals surface area contributed by atoms with Crippen LogP contribution in [0, 0.1) is 5.82 Å². The van der Waals surface area contributed by atoms with E-state index in [1.165, 1.54) is 18.2 Å². The Bertz CT molecular complexity index is 870. The summed E-state index contributed by atoms with van der Waals surface area (Å²) < 4.78 is 13.4. The summed E-state index contributed by atoms with van der Waals surface area (Å²) in [4.78, 5) is 35.8. The monoisotopic (exact) mass is 370 g/mol. The topological polar surface area (TPSA) is 95.5 Å². The van der Waals surface area contributed by atoms with Crippen molar-refractivity contribution in [2.45, 2.75) is 31.2 Å². The number of fused-ring (bicyclic) bond motifs is 1. The summed E-state index contributed by atoms with van der Waals surface area (Å²) in [7, 11) is 0. The minimum Gasteiger partial charge on any atom is -0.481 e. The van der Waals surface area contributed by atoms with Crippen LogP contribution < -0.4 is 10.6 Å². The first-order valence-corrected chi connectivity index (χ1v) is 8.60. The van der Waals surface area contributed by atoms with Gasteiger partial charge < -0.3 is 15.7 Å². The molecule has 2 aromatic carbocycles. The number of halogens is 1. The normalized spacial score (nSPS) is 16.8. The summed E-state index contributed by atoms with van der Waals surface area (Å²) in [5.74, 6) is -2.97. The van der Waals surface area contributed by atoms with Crippen LogP contribution >= 0.6 is 0 Å². The number of amides is 2. The third kappa shape index (κ3) is 4.49. The molecule has 0 fully saturated rings. The molecule has 7 heteroatoms. The minimum atomic E-state index is -0.956. The SMILES string of the molecule is O=C(O)CC[C@H](NC(=O)[C@H]1CC(=O)Nc2cc(F)ccc21)c1ccccc1. The van der Waals surface area contributed by atoms with Crippen molar-refractivity contribution in [3.63, 3.8) is 0 Å². The number of carbonyl (C=O) groups is 3. The summed E-state index contributed by atoms with van der Waals surface area (Å²) in [5, 5.41) is 14.4. The fourth-order valence-corrected chi connectivity index (χ4v) is 3.22. The van der Waals surface area contributed by atoms with Gasteiger partial charge in [-0.3, -0.25) is 14.4 Å². The van der Waals surface area contributed by atoms with Gasteiger partial charge in [0.15, 0.2) is 0 Å². The van der Waals surface area contributed by atoms with Gasteiger partial charge in [-0.15, -0.1) is 0 Å². The Morgan fingerprint density at radius 2 is 1.96 bits per heavy atom. The number of hydrogen-bond donors (Lipinski definition) is 3. The van der Waals surface area contributed by atoms with Gasteiger partial charge >= 0.3 is 5.97 Å². The van der Waals surface area contributed by atoms with Crippen molar-refractivity contribution >= 4 is 23.5 Å². The van der Waals surface area contributed by atoms with Gasteiger partial charge in [-0.2, -0.15) is 0 Å². The van der Waals surface area contributed by atoms with Gasteiger partial charge in [0.05, 0.1) is 12.0 Å². The Morgan fingerprint density at radius 3 is 2.67 bits per heavy atom. The van der Waals surface area contributed by atoms with E-state index in [-0.39, 0.29) is 30.9 Å². The van der Waals surface area contributed by atoms with Crippen LogP contribution in [-0.4, -0.2) is 22.9 Å². The molecule has 140 valence electrons. The molecule has 3 N–H and O–H groups in total. The average Bonchev–Trinajstić information content (AvgIpc) is 2.64. The standard InChI is InChI=1S/C20H19FN2O4/c21-13-6-7-14-15(11-18(24)22-17(14)10-13)20(27)23-16(8-9-19(25)26)12-4-2-1-3-5-12/h1-7,10,15-16H,8-9,11H2,(H,22,24)(H,23,27)(H,25,26)/t15-,16-/m0/s1. The molecule has 3 rings (SSSR count). The first kappa shape index (κ1) is 18.6. The summed E-state index contributed by atoms with van der Waals surface area (Å²) >= 11 is 0. The number of carbonyl (C=O) groups excluding carboxylic acids is 2. The average molecular weight is 370 g/mol. The Balaban J connectivity index is 1.83. The molecule has 0 bridgehead atoms. The van der Waals surface area contributed by atoms with Gasteiger partial charge in [0.1, 0.15) is 5.82 Å². The Hall–Kier alpha value is -3.22. The second kappa shape index (κ2) is 7.99. The lowest BCUT2D eigenvalue weighted by molar-refractivity contribution is -0.137. The number of rotatable bonds is 6. The van der Waals surface area contributed by atoms with Crippen molar-refractivity contribution in [3.8, 4) is 0 Å². The number of anilines is 1. The molecule has 0 aliphatic carbocycles. The van der Waals surface area contributed by atoms with E-state index >= 15 is 0 Å². The van der Waals surface area contributed by atoms with Gasteiger partial charge in [0.25, 0.3) is 0 Å². The maximum Gasteiger partial charge on any atom is 0.303 e. The Morgan fingerprint density at radius 1 is 1.22 bits per heavy atom. The molecule has 6 nitrogen and oxygen atoms in total. The Labute approximate surface area is 155 Å². The van der Waals surface area contributed by atoms with Crippen LogP contribution in [0.5, 0.6) is 0 Å². The number of aliphatic carboxylic acids is 1. The zero-order valence-electron chi connectivity index (χ0n) is 14.4. The summed E-state index contributed by atoms with van der Waals surface area (Å²) in [6, 6.07) is 12.5. The molecule has 27 heavy (non-hydrogen) atoms. The maximum absolute atomic E-state index is 13.4. The highest BCUT2D eigenvalue weighted by atomic mass is 19.1. The lowest BCUT2D eigenvalue weighted by Crippen LogP contribution is -2.37. The zero-order valence-corrected chi connectivity index (χ0v) is 14.4. The van der Waals surface area contributed by atoms with E-state index in [2.05, 4.69) is 10.6 Å². The van der Waals surface area contributed by atoms with E-state index in [0.29, 0.717) is 5.56 Å². The molecule has 0 saturated heterocycles. The van der Waals surface area contributed by atoms with Crippen molar-refractivity contribution in [3.05, 3.63) is 65.5 Å². The van der Waals surface area contributed by atoms with Crippen molar-refractivity contribution in [2.24, 2.45) is 0 Å². The van der Waals surface area contributed by atoms with Crippen LogP contribution in [0.15, 0.2) is 48.5 Å². The van der Waals surface area contributed by atoms with Gasteiger partial charge in [0, 0.05) is 18.5 Å². The van der Waals surface area contributed by atoms with Crippen LogP contribution in [0.2, 0.25) is 0 Å². The van der Waals surface area contributed by atoms with Crippen LogP contribution in [0.25, 0.3) is 0 Å². The highest BCUT2D eigenvalue weighted by Gasteiger charge is 2.32. The molecule has 1 heterocycles. The fraction of sp³-hybridized carbons (Fsp3) is 0.250. The molecule has 0 unspecified atom stereocenters. The fourth-order valence-electron chi connectivity index (χ4n) is 3.22. The van der Waals surface area contributed by atoms with Crippen LogP contribution in [0.3, 0.4) is 0 Å². The molecule has 2 amide bonds. The lowest BCUT2D eigenvalue weighted by atomic mass is 9.89. The molecule has 2 aromatic rings. The quantitative estimate of drug-likeness (QED) is 0.728. The van der Waals surface area contributed by atoms with E-state index in [1.807, 2.05) is 18.2 Å². The first-order chi connectivity index (χ1) is 12.9. The molecule has 0 aromatic heterocycles. The number of carboxylic acids is 1. The van der Waals surface area contributed by atoms with E-state index in [4.69, 9.17) is 5.11 Å². The van der Waals surface area contributed by atoms with Crippen LogP contribution in [0.1, 0.15) is 42.3 Å². The smallest absolute Gasteiger partial charge is 0.303 e. The number of hydrogen-bond acceptors (Lipinski definition) is 3. The predicted molar refractivity (Wildman–Crippen MR) is 96.6 cm³/mol. The van der Waals surface area contributed by atoms with Gasteiger partial charge in [0.2, 0.25) is 11.8 Å². The predicted octanol–water partition coefficient (Wildman–Crippen LogP) is 2.97. The zero-order chi connectivity index (χ0) is 19.4. The van der Waals surface area contributed by atoms with E-state index in [9.17, 15) is 18.8 Å². The maximum atomic E-state index is 13.4.